The average Bonchev–Trinajstić information content (AvgIpc) is 2.71. The lowest BCUT2D eigenvalue weighted by Crippen LogP contribution is -2.25. The lowest BCUT2D eigenvalue weighted by Gasteiger charge is -2.12. The van der Waals surface area contributed by atoms with E-state index in [0.29, 0.717) is 17.9 Å². The van der Waals surface area contributed by atoms with Crippen molar-refractivity contribution in [1.29, 1.82) is 0 Å². The van der Waals surface area contributed by atoms with Gasteiger partial charge in [-0.2, -0.15) is 11.8 Å². The molecule has 0 aliphatic rings. The van der Waals surface area contributed by atoms with Crippen molar-refractivity contribution in [3.8, 4) is 0 Å². The molecule has 0 unspecified atom stereocenters. The third-order valence-electron chi connectivity index (χ3n) is 4.85. The van der Waals surface area contributed by atoms with Crippen LogP contribution in [0.1, 0.15) is 47.7 Å². The Bertz CT molecular complexity index is 983. The molecule has 0 aliphatic heterocycles. The first-order valence-corrected chi connectivity index (χ1v) is 11.8. The van der Waals surface area contributed by atoms with Crippen LogP contribution >= 0.6 is 11.8 Å². The molecule has 2 aromatic carbocycles. The smallest absolute Gasteiger partial charge is 0.252 e. The summed E-state index contributed by atoms with van der Waals surface area (Å²) in [4.78, 5) is 17.6. The number of anilines is 2. The number of amides is 1. The molecule has 3 aromatic rings. The minimum Gasteiger partial charge on any atom is -0.352 e. The molecule has 1 aromatic heterocycles. The molecule has 3 rings (SSSR count). The van der Waals surface area contributed by atoms with Crippen molar-refractivity contribution in [3.63, 3.8) is 0 Å². The Morgan fingerprint density at radius 2 is 1.73 bits per heavy atom. The Kier molecular flexibility index (Phi) is 8.14. The number of carbonyl (C=O) groups is 1. The highest BCUT2D eigenvalue weighted by Gasteiger charge is 2.13. The molecule has 0 spiro atoms. The second-order valence-corrected chi connectivity index (χ2v) is 8.87. The number of hydrogen-bond acceptors (Lipinski definition) is 4. The summed E-state index contributed by atoms with van der Waals surface area (Å²) in [6.45, 7) is 7.05. The Labute approximate surface area is 183 Å². The van der Waals surface area contributed by atoms with Gasteiger partial charge in [0.2, 0.25) is 0 Å². The van der Waals surface area contributed by atoms with Gasteiger partial charge in [0.1, 0.15) is 5.82 Å². The number of aryl methyl sites for hydroxylation is 2. The minimum atomic E-state index is -0.0457. The van der Waals surface area contributed by atoms with Gasteiger partial charge in [0.15, 0.2) is 0 Å². The second kappa shape index (κ2) is 11.0. The van der Waals surface area contributed by atoms with E-state index in [1.807, 2.05) is 42.1 Å². The lowest BCUT2D eigenvalue weighted by atomic mass is 10.1. The van der Waals surface area contributed by atoms with E-state index >= 15 is 0 Å². The zero-order chi connectivity index (χ0) is 21.3. The van der Waals surface area contributed by atoms with Gasteiger partial charge in [0.25, 0.3) is 5.91 Å². The molecule has 4 nitrogen and oxygen atoms in total. The van der Waals surface area contributed by atoms with E-state index in [-0.39, 0.29) is 5.91 Å². The van der Waals surface area contributed by atoms with Crippen LogP contribution < -0.4 is 10.6 Å². The van der Waals surface area contributed by atoms with Crippen LogP contribution in [0.25, 0.3) is 10.9 Å². The molecule has 2 N–H and O–H groups in total. The second-order valence-electron chi connectivity index (χ2n) is 7.65. The molecule has 0 saturated carbocycles. The molecular weight excluding hydrogens is 390 g/mol. The van der Waals surface area contributed by atoms with Crippen LogP contribution in [0.3, 0.4) is 0 Å². The molecule has 0 bridgehead atoms. The topological polar surface area (TPSA) is 54.0 Å². The summed E-state index contributed by atoms with van der Waals surface area (Å²) in [6.07, 6.45) is 3.48. The Morgan fingerprint density at radius 1 is 1.00 bits per heavy atom. The van der Waals surface area contributed by atoms with Crippen molar-refractivity contribution < 1.29 is 4.79 Å². The predicted octanol–water partition coefficient (Wildman–Crippen LogP) is 6.25. The molecule has 0 radical (unpaired) electrons. The van der Waals surface area contributed by atoms with Gasteiger partial charge in [-0.1, -0.05) is 37.6 Å². The number of nitrogens with one attached hydrogen (secondary N) is 2. The van der Waals surface area contributed by atoms with Gasteiger partial charge in [-0.3, -0.25) is 4.79 Å². The van der Waals surface area contributed by atoms with Crippen LogP contribution in [0.4, 0.5) is 11.5 Å². The molecule has 1 heterocycles. The molecule has 1 amide bonds. The number of pyridine rings is 1. The highest BCUT2D eigenvalue weighted by Crippen LogP contribution is 2.24. The number of carbonyl (C=O) groups excluding carboxylic acids is 1. The number of rotatable bonds is 10. The van der Waals surface area contributed by atoms with E-state index < -0.39 is 0 Å². The predicted molar refractivity (Wildman–Crippen MR) is 130 cm³/mol. The van der Waals surface area contributed by atoms with Crippen LogP contribution in [-0.4, -0.2) is 28.9 Å². The maximum Gasteiger partial charge on any atom is 0.252 e. The van der Waals surface area contributed by atoms with Crippen LogP contribution in [0.5, 0.6) is 0 Å². The summed E-state index contributed by atoms with van der Waals surface area (Å²) in [5, 5.41) is 7.33. The van der Waals surface area contributed by atoms with Gasteiger partial charge in [-0.25, -0.2) is 4.98 Å². The summed E-state index contributed by atoms with van der Waals surface area (Å²) in [5.41, 5.74) is 4.82. The van der Waals surface area contributed by atoms with Crippen LogP contribution in [0.15, 0.2) is 48.5 Å². The molecule has 0 fully saturated rings. The Hall–Kier alpha value is -2.53. The summed E-state index contributed by atoms with van der Waals surface area (Å²) in [5.74, 6) is 2.92. The first kappa shape index (κ1) is 22.2. The summed E-state index contributed by atoms with van der Waals surface area (Å²) < 4.78 is 0. The summed E-state index contributed by atoms with van der Waals surface area (Å²) in [7, 11) is 0. The molecule has 5 heteroatoms. The SMILES string of the molecule is CCCCSCCCNC(=O)c1cc(Nc2cc(C)cc(C)c2)nc2ccccc12. The number of hydrogen-bond donors (Lipinski definition) is 2. The quantitative estimate of drug-likeness (QED) is 0.380. The highest BCUT2D eigenvalue weighted by molar-refractivity contribution is 7.99. The lowest BCUT2D eigenvalue weighted by molar-refractivity contribution is 0.0955. The number of fused-ring (bicyclic) bond motifs is 1. The van der Waals surface area contributed by atoms with E-state index in [9.17, 15) is 4.79 Å². The van der Waals surface area contributed by atoms with Gasteiger partial charge in [-0.15, -0.1) is 0 Å². The third-order valence-corrected chi connectivity index (χ3v) is 6.00. The first-order valence-electron chi connectivity index (χ1n) is 10.7. The largest absolute Gasteiger partial charge is 0.352 e. The van der Waals surface area contributed by atoms with Crippen molar-refractivity contribution >= 4 is 40.1 Å². The average molecular weight is 422 g/mol. The van der Waals surface area contributed by atoms with E-state index in [2.05, 4.69) is 49.6 Å². The fourth-order valence-corrected chi connectivity index (χ4v) is 4.49. The van der Waals surface area contributed by atoms with Crippen molar-refractivity contribution in [3.05, 3.63) is 65.2 Å². The monoisotopic (exact) mass is 421 g/mol. The van der Waals surface area contributed by atoms with Crippen molar-refractivity contribution in [2.75, 3.05) is 23.4 Å². The molecule has 0 saturated heterocycles. The standard InChI is InChI=1S/C25H31N3OS/c1-4-5-12-30-13-8-11-26-25(29)22-17-24(28-23-10-7-6-9-21(22)23)27-20-15-18(2)14-19(3)16-20/h6-7,9-10,14-17H,4-5,8,11-13H2,1-3H3,(H,26,29)(H,27,28). The zero-order valence-corrected chi connectivity index (χ0v) is 18.9. The Balaban J connectivity index is 1.73. The van der Waals surface area contributed by atoms with E-state index in [1.165, 1.54) is 29.7 Å². The van der Waals surface area contributed by atoms with Gasteiger partial charge in [0.05, 0.1) is 11.1 Å². The molecule has 158 valence electrons. The maximum absolute atomic E-state index is 12.9. The van der Waals surface area contributed by atoms with Gasteiger partial charge in [0, 0.05) is 17.6 Å². The van der Waals surface area contributed by atoms with Crippen LogP contribution in [0.2, 0.25) is 0 Å². The van der Waals surface area contributed by atoms with Gasteiger partial charge in [-0.05, 0) is 73.6 Å². The number of aromatic nitrogens is 1. The normalized spacial score (nSPS) is 10.9. The van der Waals surface area contributed by atoms with E-state index in [1.54, 1.807) is 0 Å². The molecule has 0 atom stereocenters. The number of unbranched alkanes of at least 4 members (excludes halogenated alkanes) is 1. The highest BCUT2D eigenvalue weighted by atomic mass is 32.2. The van der Waals surface area contributed by atoms with Crippen molar-refractivity contribution in [2.45, 2.75) is 40.0 Å². The maximum atomic E-state index is 12.9. The summed E-state index contributed by atoms with van der Waals surface area (Å²) >= 11 is 1.96. The fourth-order valence-electron chi connectivity index (χ4n) is 3.44. The van der Waals surface area contributed by atoms with E-state index in [0.717, 1.165) is 28.8 Å². The van der Waals surface area contributed by atoms with Gasteiger partial charge >= 0.3 is 0 Å². The number of para-hydroxylation sites is 1. The fraction of sp³-hybridized carbons (Fsp3) is 0.360. The van der Waals surface area contributed by atoms with Crippen LogP contribution in [-0.2, 0) is 0 Å². The number of nitrogens with zero attached hydrogens (tertiary/aromatic N) is 1. The molecule has 30 heavy (non-hydrogen) atoms. The minimum absolute atomic E-state index is 0.0457. The van der Waals surface area contributed by atoms with Gasteiger partial charge < -0.3 is 10.6 Å². The van der Waals surface area contributed by atoms with Crippen molar-refractivity contribution in [2.24, 2.45) is 0 Å². The first-order chi connectivity index (χ1) is 14.6. The molecule has 0 aliphatic carbocycles. The number of benzene rings is 2. The van der Waals surface area contributed by atoms with Crippen LogP contribution in [0, 0.1) is 13.8 Å². The zero-order valence-electron chi connectivity index (χ0n) is 18.1. The Morgan fingerprint density at radius 3 is 2.50 bits per heavy atom. The van der Waals surface area contributed by atoms with Crippen molar-refractivity contribution in [1.82, 2.24) is 10.3 Å². The number of thioether (sulfide) groups is 1. The van der Waals surface area contributed by atoms with E-state index in [4.69, 9.17) is 4.98 Å². The molecular formula is C25H31N3OS. The summed E-state index contributed by atoms with van der Waals surface area (Å²) in [6, 6.07) is 16.0. The third kappa shape index (κ3) is 6.23.